The maximum atomic E-state index is 13.1. The zero-order valence-corrected chi connectivity index (χ0v) is 16.7. The molecule has 2 aromatic carbocycles. The summed E-state index contributed by atoms with van der Waals surface area (Å²) in [6.07, 6.45) is 1.90. The summed E-state index contributed by atoms with van der Waals surface area (Å²) in [5, 5.41) is 10.6. The third-order valence-corrected chi connectivity index (χ3v) is 5.70. The molecular formula is C23H20ClN3O2. The van der Waals surface area contributed by atoms with Crippen molar-refractivity contribution >= 4 is 23.1 Å². The van der Waals surface area contributed by atoms with E-state index in [1.54, 1.807) is 19.2 Å². The van der Waals surface area contributed by atoms with E-state index in [4.69, 9.17) is 22.1 Å². The molecule has 0 saturated heterocycles. The van der Waals surface area contributed by atoms with Gasteiger partial charge in [0.25, 0.3) is 0 Å². The average Bonchev–Trinajstić information content (AvgIpc) is 2.74. The van der Waals surface area contributed by atoms with Crippen LogP contribution in [0.3, 0.4) is 0 Å². The summed E-state index contributed by atoms with van der Waals surface area (Å²) in [6, 6.07) is 17.0. The van der Waals surface area contributed by atoms with E-state index in [2.05, 4.69) is 6.07 Å². The summed E-state index contributed by atoms with van der Waals surface area (Å²) in [5.74, 6) is 0.464. The lowest BCUT2D eigenvalue weighted by Gasteiger charge is -2.39. The Labute approximate surface area is 174 Å². The number of para-hydroxylation sites is 1. The van der Waals surface area contributed by atoms with Crippen LogP contribution in [-0.2, 0) is 4.79 Å². The predicted octanol–water partition coefficient (Wildman–Crippen LogP) is 4.65. The smallest absolute Gasteiger partial charge is 0.161 e. The van der Waals surface area contributed by atoms with Gasteiger partial charge < -0.3 is 10.5 Å². The molecule has 0 bridgehead atoms. The standard InChI is InChI=1S/C23H20ClN3O2/c1-29-20-8-3-2-5-16(20)21-17(13-25)23(26)27(15-11-9-14(24)10-12-15)18-6-4-7-19(28)22(18)21/h2-3,5,8-12,21H,4,6-7,26H2,1H3/t21-/m0/s1. The highest BCUT2D eigenvalue weighted by Gasteiger charge is 2.41. The van der Waals surface area contributed by atoms with Gasteiger partial charge in [-0.2, -0.15) is 5.26 Å². The Kier molecular flexibility index (Phi) is 5.04. The summed E-state index contributed by atoms with van der Waals surface area (Å²) in [6.45, 7) is 0. The van der Waals surface area contributed by atoms with Gasteiger partial charge in [-0.1, -0.05) is 29.8 Å². The largest absolute Gasteiger partial charge is 0.496 e. The number of nitriles is 1. The van der Waals surface area contributed by atoms with Gasteiger partial charge in [0.15, 0.2) is 5.78 Å². The van der Waals surface area contributed by atoms with Crippen LogP contribution >= 0.6 is 11.6 Å². The zero-order valence-electron chi connectivity index (χ0n) is 16.0. The molecule has 5 nitrogen and oxygen atoms in total. The van der Waals surface area contributed by atoms with Crippen molar-refractivity contribution < 1.29 is 9.53 Å². The number of rotatable bonds is 3. The molecule has 0 radical (unpaired) electrons. The number of ketones is 1. The molecule has 2 N–H and O–H groups in total. The van der Waals surface area contributed by atoms with Gasteiger partial charge in [0.2, 0.25) is 0 Å². The van der Waals surface area contributed by atoms with E-state index in [1.165, 1.54) is 0 Å². The minimum atomic E-state index is -0.539. The van der Waals surface area contributed by atoms with E-state index in [-0.39, 0.29) is 5.78 Å². The molecule has 2 aromatic rings. The summed E-state index contributed by atoms with van der Waals surface area (Å²) in [7, 11) is 1.58. The Morgan fingerprint density at radius 2 is 1.90 bits per heavy atom. The molecule has 1 aliphatic carbocycles. The molecule has 6 heteroatoms. The number of allylic oxidation sites excluding steroid dienone is 3. The van der Waals surface area contributed by atoms with E-state index in [9.17, 15) is 10.1 Å². The van der Waals surface area contributed by atoms with Gasteiger partial charge in [-0.15, -0.1) is 0 Å². The third-order valence-electron chi connectivity index (χ3n) is 5.45. The molecule has 1 aliphatic heterocycles. The number of halogens is 1. The molecule has 1 atom stereocenters. The van der Waals surface area contributed by atoms with Crippen LogP contribution in [0.15, 0.2) is 71.2 Å². The zero-order chi connectivity index (χ0) is 20.5. The topological polar surface area (TPSA) is 79.3 Å². The van der Waals surface area contributed by atoms with Gasteiger partial charge >= 0.3 is 0 Å². The van der Waals surface area contributed by atoms with E-state index < -0.39 is 5.92 Å². The van der Waals surface area contributed by atoms with Crippen molar-refractivity contribution in [2.24, 2.45) is 5.73 Å². The van der Waals surface area contributed by atoms with Crippen LogP contribution in [-0.4, -0.2) is 12.9 Å². The van der Waals surface area contributed by atoms with Crippen molar-refractivity contribution in [2.75, 3.05) is 12.0 Å². The lowest BCUT2D eigenvalue weighted by atomic mass is 9.75. The number of carbonyl (C=O) groups is 1. The highest BCUT2D eigenvalue weighted by molar-refractivity contribution is 6.30. The van der Waals surface area contributed by atoms with Crippen LogP contribution in [0.5, 0.6) is 5.75 Å². The number of nitrogens with zero attached hydrogens (tertiary/aromatic N) is 2. The first-order chi connectivity index (χ1) is 14.1. The second-order valence-corrected chi connectivity index (χ2v) is 7.47. The normalized spacial score (nSPS) is 19.1. The van der Waals surface area contributed by atoms with Gasteiger partial charge in [0.05, 0.1) is 24.7 Å². The molecular weight excluding hydrogens is 386 g/mol. The second kappa shape index (κ2) is 7.65. The monoisotopic (exact) mass is 405 g/mol. The average molecular weight is 406 g/mol. The Morgan fingerprint density at radius 3 is 2.59 bits per heavy atom. The maximum absolute atomic E-state index is 13.1. The van der Waals surface area contributed by atoms with Crippen LogP contribution in [0, 0.1) is 11.3 Å². The first-order valence-electron chi connectivity index (χ1n) is 9.41. The van der Waals surface area contributed by atoms with E-state index >= 15 is 0 Å². The number of methoxy groups -OCH3 is 1. The SMILES string of the molecule is COc1ccccc1[C@H]1C(C#N)=C(N)N(c2ccc(Cl)cc2)C2=C1C(=O)CCC2. The number of hydrogen-bond acceptors (Lipinski definition) is 5. The maximum Gasteiger partial charge on any atom is 0.161 e. The van der Waals surface area contributed by atoms with Gasteiger partial charge in [0.1, 0.15) is 11.6 Å². The fourth-order valence-corrected chi connectivity index (χ4v) is 4.31. The van der Waals surface area contributed by atoms with Gasteiger partial charge in [-0.05, 0) is 43.2 Å². The Hall–Kier alpha value is -3.23. The minimum Gasteiger partial charge on any atom is -0.496 e. The summed E-state index contributed by atoms with van der Waals surface area (Å²) < 4.78 is 5.53. The third kappa shape index (κ3) is 3.16. The summed E-state index contributed by atoms with van der Waals surface area (Å²) >= 11 is 6.05. The molecule has 1 heterocycles. The first-order valence-corrected chi connectivity index (χ1v) is 9.79. The van der Waals surface area contributed by atoms with Crippen molar-refractivity contribution in [2.45, 2.75) is 25.2 Å². The van der Waals surface area contributed by atoms with E-state index in [0.717, 1.165) is 23.4 Å². The Bertz CT molecular complexity index is 1080. The first kappa shape index (κ1) is 19.1. The molecule has 0 aromatic heterocycles. The number of ether oxygens (including phenoxy) is 1. The van der Waals surface area contributed by atoms with Gasteiger partial charge in [-0.3, -0.25) is 9.69 Å². The molecule has 4 rings (SSSR count). The van der Waals surface area contributed by atoms with Crippen LogP contribution in [0.4, 0.5) is 5.69 Å². The van der Waals surface area contributed by atoms with Crippen LogP contribution in [0.2, 0.25) is 5.02 Å². The second-order valence-electron chi connectivity index (χ2n) is 7.03. The van der Waals surface area contributed by atoms with Crippen molar-refractivity contribution in [3.05, 3.63) is 81.8 Å². The molecule has 0 fully saturated rings. The Morgan fingerprint density at radius 1 is 1.17 bits per heavy atom. The predicted molar refractivity (Wildman–Crippen MR) is 112 cm³/mol. The minimum absolute atomic E-state index is 0.0429. The lowest BCUT2D eigenvalue weighted by Crippen LogP contribution is -2.38. The molecule has 0 spiro atoms. The van der Waals surface area contributed by atoms with Crippen molar-refractivity contribution in [3.63, 3.8) is 0 Å². The molecule has 29 heavy (non-hydrogen) atoms. The fraction of sp³-hybridized carbons (Fsp3) is 0.217. The highest BCUT2D eigenvalue weighted by Crippen LogP contribution is 2.48. The van der Waals surface area contributed by atoms with Crippen molar-refractivity contribution in [1.82, 2.24) is 0 Å². The highest BCUT2D eigenvalue weighted by atomic mass is 35.5. The van der Waals surface area contributed by atoms with Gasteiger partial charge in [0, 0.05) is 34.0 Å². The number of nitrogens with two attached hydrogens (primary N) is 1. The fourth-order valence-electron chi connectivity index (χ4n) is 4.19. The number of benzene rings is 2. The molecule has 0 saturated carbocycles. The Balaban J connectivity index is 1.98. The molecule has 0 amide bonds. The van der Waals surface area contributed by atoms with Gasteiger partial charge in [-0.25, -0.2) is 0 Å². The van der Waals surface area contributed by atoms with E-state index in [1.807, 2.05) is 41.3 Å². The molecule has 2 aliphatic rings. The number of anilines is 1. The summed E-state index contributed by atoms with van der Waals surface area (Å²) in [5.41, 5.74) is 9.90. The lowest BCUT2D eigenvalue weighted by molar-refractivity contribution is -0.116. The van der Waals surface area contributed by atoms with Crippen LogP contribution < -0.4 is 15.4 Å². The quantitative estimate of drug-likeness (QED) is 0.803. The number of carbonyl (C=O) groups excluding carboxylic acids is 1. The summed E-state index contributed by atoms with van der Waals surface area (Å²) in [4.78, 5) is 14.9. The van der Waals surface area contributed by atoms with E-state index in [0.29, 0.717) is 40.6 Å². The number of hydrogen-bond donors (Lipinski definition) is 1. The molecule has 146 valence electrons. The van der Waals surface area contributed by atoms with Crippen molar-refractivity contribution in [1.29, 1.82) is 5.26 Å². The van der Waals surface area contributed by atoms with Crippen LogP contribution in [0.25, 0.3) is 0 Å². The van der Waals surface area contributed by atoms with Crippen molar-refractivity contribution in [3.8, 4) is 11.8 Å². The number of Topliss-reactive ketones (excluding diaryl/α,β-unsaturated/α-hetero) is 1. The van der Waals surface area contributed by atoms with Crippen LogP contribution in [0.1, 0.15) is 30.7 Å². The molecule has 0 unspecified atom stereocenters.